The molecule has 0 heterocycles. The van der Waals surface area contributed by atoms with E-state index in [-0.39, 0.29) is 5.41 Å². The highest BCUT2D eigenvalue weighted by Gasteiger charge is 2.62. The molecule has 4 aliphatic carbocycles. The van der Waals surface area contributed by atoms with Gasteiger partial charge in [-0.3, -0.25) is 4.79 Å². The van der Waals surface area contributed by atoms with E-state index in [1.807, 2.05) is 6.08 Å². The highest BCUT2D eigenvalue weighted by atomic mass is 16.3. The third kappa shape index (κ3) is 2.00. The van der Waals surface area contributed by atoms with Crippen LogP contribution in [0, 0.1) is 29.1 Å². The summed E-state index contributed by atoms with van der Waals surface area (Å²) >= 11 is 0. The van der Waals surface area contributed by atoms with E-state index < -0.39 is 5.60 Å². The van der Waals surface area contributed by atoms with Gasteiger partial charge in [-0.25, -0.2) is 0 Å². The maximum atomic E-state index is 11.8. The zero-order chi connectivity index (χ0) is 16.4. The van der Waals surface area contributed by atoms with Gasteiger partial charge in [0.1, 0.15) is 0 Å². The molecule has 2 nitrogen and oxygen atoms in total. The highest BCUT2D eigenvalue weighted by Crippen LogP contribution is 2.67. The summed E-state index contributed by atoms with van der Waals surface area (Å²) in [6.07, 6.45) is 10.1. The van der Waals surface area contributed by atoms with Crippen molar-refractivity contribution in [2.45, 2.75) is 70.8 Å². The Kier molecular flexibility index (Phi) is 3.43. The Balaban J connectivity index is 1.72. The summed E-state index contributed by atoms with van der Waals surface area (Å²) in [5, 5.41) is 11.1. The van der Waals surface area contributed by atoms with Crippen LogP contribution in [0.1, 0.15) is 65.2 Å². The molecule has 0 aromatic rings. The molecule has 0 aromatic heterocycles. The number of allylic oxidation sites excluding steroid dienone is 2. The molecule has 0 spiro atoms. The van der Waals surface area contributed by atoms with Gasteiger partial charge < -0.3 is 5.11 Å². The first-order valence-electron chi connectivity index (χ1n) is 9.53. The minimum atomic E-state index is -0.543. The van der Waals surface area contributed by atoms with Crippen LogP contribution in [0.2, 0.25) is 0 Å². The van der Waals surface area contributed by atoms with Gasteiger partial charge in [-0.2, -0.15) is 0 Å². The Morgan fingerprint density at radius 1 is 1.30 bits per heavy atom. The molecule has 4 rings (SSSR count). The number of carbonyl (C=O) groups is 1. The summed E-state index contributed by atoms with van der Waals surface area (Å²) in [4.78, 5) is 11.8. The Morgan fingerprint density at radius 2 is 2.09 bits per heavy atom. The monoisotopic (exact) mass is 314 g/mol. The van der Waals surface area contributed by atoms with Gasteiger partial charge in [-0.1, -0.05) is 24.6 Å². The number of hydrogen-bond acceptors (Lipinski definition) is 2. The van der Waals surface area contributed by atoms with Crippen molar-refractivity contribution in [1.29, 1.82) is 0 Å². The molecular weight excluding hydrogens is 284 g/mol. The lowest BCUT2D eigenvalue weighted by Crippen LogP contribution is -2.53. The largest absolute Gasteiger partial charge is 0.390 e. The van der Waals surface area contributed by atoms with Crippen LogP contribution in [0.15, 0.2) is 23.8 Å². The van der Waals surface area contributed by atoms with Gasteiger partial charge in [0.25, 0.3) is 0 Å². The van der Waals surface area contributed by atoms with Gasteiger partial charge >= 0.3 is 0 Å². The summed E-state index contributed by atoms with van der Waals surface area (Å²) in [5.74, 6) is 2.74. The smallest absolute Gasteiger partial charge is 0.155 e. The first kappa shape index (κ1) is 15.6. The first-order chi connectivity index (χ1) is 10.9. The number of rotatable bonds is 1. The van der Waals surface area contributed by atoms with E-state index in [2.05, 4.69) is 20.4 Å². The molecule has 6 unspecified atom stereocenters. The Labute approximate surface area is 140 Å². The Bertz CT molecular complexity index is 585. The number of ketones is 1. The fourth-order valence-corrected chi connectivity index (χ4v) is 6.98. The van der Waals surface area contributed by atoms with Crippen molar-refractivity contribution < 1.29 is 9.90 Å². The van der Waals surface area contributed by atoms with E-state index in [0.717, 1.165) is 32.1 Å². The Hall–Kier alpha value is -0.890. The van der Waals surface area contributed by atoms with Crippen molar-refractivity contribution >= 4 is 5.78 Å². The van der Waals surface area contributed by atoms with Crippen LogP contribution >= 0.6 is 0 Å². The average molecular weight is 314 g/mol. The molecule has 126 valence electrons. The van der Waals surface area contributed by atoms with E-state index in [1.54, 1.807) is 0 Å². The van der Waals surface area contributed by atoms with Crippen LogP contribution in [0.3, 0.4) is 0 Å². The molecule has 0 bridgehead atoms. The first-order valence-corrected chi connectivity index (χ1v) is 9.53. The van der Waals surface area contributed by atoms with Gasteiger partial charge in [0, 0.05) is 11.8 Å². The van der Waals surface area contributed by atoms with Crippen LogP contribution in [0.25, 0.3) is 0 Å². The number of carbonyl (C=O) groups excluding carboxylic acids is 1. The molecule has 0 amide bonds. The second-order valence-electron chi connectivity index (χ2n) is 8.82. The maximum Gasteiger partial charge on any atom is 0.155 e. The fourth-order valence-electron chi connectivity index (χ4n) is 6.98. The van der Waals surface area contributed by atoms with Gasteiger partial charge in [0.05, 0.1) is 5.60 Å². The van der Waals surface area contributed by atoms with Crippen molar-refractivity contribution in [2.24, 2.45) is 29.1 Å². The third-order valence-corrected chi connectivity index (χ3v) is 8.07. The molecule has 1 N–H and O–H groups in total. The predicted molar refractivity (Wildman–Crippen MR) is 91.9 cm³/mol. The molecule has 3 fully saturated rings. The predicted octanol–water partition coefficient (Wildman–Crippen LogP) is 4.44. The summed E-state index contributed by atoms with van der Waals surface area (Å²) in [5.41, 5.74) is 2.26. The van der Waals surface area contributed by atoms with Gasteiger partial charge in [0.2, 0.25) is 0 Å². The maximum absolute atomic E-state index is 11.8. The van der Waals surface area contributed by atoms with Gasteiger partial charge in [-0.05, 0) is 81.6 Å². The van der Waals surface area contributed by atoms with E-state index in [4.69, 9.17) is 0 Å². The lowest BCUT2D eigenvalue weighted by molar-refractivity contribution is -0.116. The van der Waals surface area contributed by atoms with E-state index in [1.165, 1.54) is 24.0 Å². The second kappa shape index (κ2) is 5.05. The van der Waals surface area contributed by atoms with Crippen LogP contribution in [0.5, 0.6) is 0 Å². The lowest BCUT2D eigenvalue weighted by atomic mass is 9.48. The van der Waals surface area contributed by atoms with E-state index >= 15 is 0 Å². The molecule has 23 heavy (non-hydrogen) atoms. The van der Waals surface area contributed by atoms with Crippen molar-refractivity contribution in [2.75, 3.05) is 0 Å². The topological polar surface area (TPSA) is 37.3 Å². The summed E-state index contributed by atoms with van der Waals surface area (Å²) < 4.78 is 0. The number of fused-ring (bicyclic) bond motifs is 5. The second-order valence-corrected chi connectivity index (χ2v) is 8.82. The molecule has 0 aliphatic heterocycles. The van der Waals surface area contributed by atoms with Crippen molar-refractivity contribution in [3.05, 3.63) is 23.8 Å². The summed E-state index contributed by atoms with van der Waals surface area (Å²) in [7, 11) is 0. The van der Waals surface area contributed by atoms with Crippen LogP contribution in [0.4, 0.5) is 0 Å². The summed E-state index contributed by atoms with van der Waals surface area (Å²) in [6, 6.07) is 0. The zero-order valence-corrected chi connectivity index (χ0v) is 14.6. The van der Waals surface area contributed by atoms with Gasteiger partial charge in [0.15, 0.2) is 5.78 Å². The highest BCUT2D eigenvalue weighted by molar-refractivity contribution is 5.91. The van der Waals surface area contributed by atoms with Crippen LogP contribution in [-0.2, 0) is 4.79 Å². The van der Waals surface area contributed by atoms with E-state index in [9.17, 15) is 9.90 Å². The quantitative estimate of drug-likeness (QED) is 0.727. The number of hydrogen-bond donors (Lipinski definition) is 1. The van der Waals surface area contributed by atoms with Gasteiger partial charge in [-0.15, -0.1) is 0 Å². The Morgan fingerprint density at radius 3 is 2.83 bits per heavy atom. The molecule has 4 aliphatic rings. The third-order valence-electron chi connectivity index (χ3n) is 8.07. The van der Waals surface area contributed by atoms with Crippen molar-refractivity contribution in [3.8, 4) is 0 Å². The molecule has 2 heteroatoms. The molecule has 0 radical (unpaired) electrons. The molecule has 0 aromatic carbocycles. The van der Waals surface area contributed by atoms with E-state index in [0.29, 0.717) is 35.9 Å². The SMILES string of the molecule is C=C1CC2(CC)C(CCC2(C)O)C2CCC3=CC(=O)CCC3C12. The minimum absolute atomic E-state index is 0.0386. The fraction of sp³-hybridized carbons (Fsp3) is 0.762. The lowest BCUT2D eigenvalue weighted by Gasteiger charge is -2.57. The summed E-state index contributed by atoms with van der Waals surface area (Å²) in [6.45, 7) is 8.83. The molecule has 6 atom stereocenters. The minimum Gasteiger partial charge on any atom is -0.390 e. The normalized spacial score (nSPS) is 49.3. The van der Waals surface area contributed by atoms with Crippen molar-refractivity contribution in [1.82, 2.24) is 0 Å². The van der Waals surface area contributed by atoms with Crippen molar-refractivity contribution in [3.63, 3.8) is 0 Å². The van der Waals surface area contributed by atoms with Crippen LogP contribution in [-0.4, -0.2) is 16.5 Å². The zero-order valence-electron chi connectivity index (χ0n) is 14.6. The molecule has 0 saturated heterocycles. The standard InChI is InChI=1S/C21H30O2/c1-4-21-12-13(2)19-16-8-6-15(22)11-14(16)5-7-17(19)18(21)9-10-20(21,3)23/h11,16-19,23H,2,4-10,12H2,1,3H3. The number of aliphatic hydroxyl groups is 1. The molecule has 3 saturated carbocycles. The average Bonchev–Trinajstić information content (AvgIpc) is 2.78. The van der Waals surface area contributed by atoms with Crippen LogP contribution < -0.4 is 0 Å². The molecular formula is C21H30O2.